The Hall–Kier alpha value is -2.41. The van der Waals surface area contributed by atoms with E-state index in [1.807, 2.05) is 12.1 Å². The topological polar surface area (TPSA) is 106 Å². The van der Waals surface area contributed by atoms with Gasteiger partial charge in [-0.15, -0.1) is 5.10 Å². The van der Waals surface area contributed by atoms with Crippen molar-refractivity contribution in [2.24, 2.45) is 0 Å². The van der Waals surface area contributed by atoms with Crippen molar-refractivity contribution in [1.82, 2.24) is 20.5 Å². The lowest BCUT2D eigenvalue weighted by molar-refractivity contribution is -0.126. The molecule has 1 aromatic heterocycles. The summed E-state index contributed by atoms with van der Waals surface area (Å²) in [5.41, 5.74) is 7.44. The van der Waals surface area contributed by atoms with Crippen LogP contribution in [0.5, 0.6) is 0 Å². The molecule has 0 unspecified atom stereocenters. The van der Waals surface area contributed by atoms with E-state index in [0.29, 0.717) is 18.9 Å². The van der Waals surface area contributed by atoms with Crippen LogP contribution in [-0.4, -0.2) is 33.3 Å². The SMILES string of the molecule is Cc1ccccc1[C@@]1(CC(=O)NCc2nc(N)n[nH]2)CCOC(C)(C)C1. The number of nitrogen functional groups attached to an aromatic ring is 1. The Bertz CT molecular complexity index is 786. The number of carbonyl (C=O) groups is 1. The van der Waals surface area contributed by atoms with Gasteiger partial charge in [0.05, 0.1) is 12.1 Å². The highest BCUT2D eigenvalue weighted by Crippen LogP contribution is 2.45. The zero-order valence-corrected chi connectivity index (χ0v) is 15.6. The second-order valence-corrected chi connectivity index (χ2v) is 7.72. The zero-order valence-electron chi connectivity index (χ0n) is 15.6. The number of aromatic amines is 1. The lowest BCUT2D eigenvalue weighted by Gasteiger charge is -2.45. The van der Waals surface area contributed by atoms with Crippen molar-refractivity contribution >= 4 is 11.9 Å². The van der Waals surface area contributed by atoms with E-state index in [9.17, 15) is 4.79 Å². The van der Waals surface area contributed by atoms with Gasteiger partial charge in [-0.2, -0.15) is 4.98 Å². The molecule has 1 fully saturated rings. The molecule has 3 rings (SSSR count). The predicted molar refractivity (Wildman–Crippen MR) is 99.4 cm³/mol. The molecule has 0 saturated carbocycles. The van der Waals surface area contributed by atoms with Gasteiger partial charge in [0.15, 0.2) is 0 Å². The minimum Gasteiger partial charge on any atom is -0.376 e. The van der Waals surface area contributed by atoms with Crippen LogP contribution in [0.2, 0.25) is 0 Å². The van der Waals surface area contributed by atoms with E-state index in [2.05, 4.69) is 53.4 Å². The Labute approximate surface area is 153 Å². The number of hydrogen-bond acceptors (Lipinski definition) is 5. The van der Waals surface area contributed by atoms with Gasteiger partial charge in [0.1, 0.15) is 5.82 Å². The molecule has 0 spiro atoms. The number of H-pyrrole nitrogens is 1. The molecule has 26 heavy (non-hydrogen) atoms. The van der Waals surface area contributed by atoms with E-state index in [4.69, 9.17) is 10.5 Å². The molecule has 1 atom stereocenters. The minimum absolute atomic E-state index is 0.0130. The summed E-state index contributed by atoms with van der Waals surface area (Å²) < 4.78 is 5.93. The second-order valence-electron chi connectivity index (χ2n) is 7.72. The van der Waals surface area contributed by atoms with Gasteiger partial charge in [-0.3, -0.25) is 9.89 Å². The molecule has 0 radical (unpaired) electrons. The number of rotatable bonds is 5. The summed E-state index contributed by atoms with van der Waals surface area (Å²) in [7, 11) is 0. The van der Waals surface area contributed by atoms with E-state index < -0.39 is 0 Å². The number of carbonyl (C=O) groups excluding carboxylic acids is 1. The first-order chi connectivity index (χ1) is 12.3. The van der Waals surface area contributed by atoms with Crippen LogP contribution < -0.4 is 11.1 Å². The largest absolute Gasteiger partial charge is 0.376 e. The van der Waals surface area contributed by atoms with E-state index in [1.165, 1.54) is 11.1 Å². The summed E-state index contributed by atoms with van der Waals surface area (Å²) in [5.74, 6) is 0.714. The molecule has 0 aliphatic carbocycles. The van der Waals surface area contributed by atoms with Gasteiger partial charge in [0.2, 0.25) is 11.9 Å². The molecule has 1 aliphatic heterocycles. The van der Waals surface area contributed by atoms with E-state index >= 15 is 0 Å². The molecule has 1 amide bonds. The van der Waals surface area contributed by atoms with Gasteiger partial charge in [0, 0.05) is 18.4 Å². The van der Waals surface area contributed by atoms with Crippen LogP contribution in [0.25, 0.3) is 0 Å². The third-order valence-electron chi connectivity index (χ3n) is 5.05. The maximum Gasteiger partial charge on any atom is 0.239 e. The molecule has 1 saturated heterocycles. The lowest BCUT2D eigenvalue weighted by Crippen LogP contribution is -2.46. The molecule has 0 bridgehead atoms. The number of benzene rings is 1. The van der Waals surface area contributed by atoms with Crippen molar-refractivity contribution in [2.45, 2.75) is 57.6 Å². The highest BCUT2D eigenvalue weighted by molar-refractivity contribution is 5.77. The molecule has 2 aromatic rings. The van der Waals surface area contributed by atoms with E-state index in [1.54, 1.807) is 0 Å². The Morgan fingerprint density at radius 1 is 1.38 bits per heavy atom. The number of ether oxygens (including phenoxy) is 1. The van der Waals surface area contributed by atoms with Crippen molar-refractivity contribution in [2.75, 3.05) is 12.3 Å². The quantitative estimate of drug-likeness (QED) is 0.761. The van der Waals surface area contributed by atoms with Crippen molar-refractivity contribution in [3.8, 4) is 0 Å². The van der Waals surface area contributed by atoms with Crippen LogP contribution in [0, 0.1) is 6.92 Å². The number of anilines is 1. The van der Waals surface area contributed by atoms with E-state index in [-0.39, 0.29) is 29.4 Å². The normalized spacial score (nSPS) is 22.1. The third-order valence-corrected chi connectivity index (χ3v) is 5.05. The number of nitrogens with two attached hydrogens (primary N) is 1. The van der Waals surface area contributed by atoms with Gasteiger partial charge >= 0.3 is 0 Å². The summed E-state index contributed by atoms with van der Waals surface area (Å²) in [6, 6.07) is 8.32. The average molecular weight is 357 g/mol. The third kappa shape index (κ3) is 4.04. The number of amides is 1. The maximum absolute atomic E-state index is 12.7. The summed E-state index contributed by atoms with van der Waals surface area (Å²) >= 11 is 0. The highest BCUT2D eigenvalue weighted by Gasteiger charge is 2.44. The lowest BCUT2D eigenvalue weighted by atomic mass is 9.66. The molecule has 7 heteroatoms. The Balaban J connectivity index is 1.80. The summed E-state index contributed by atoms with van der Waals surface area (Å²) in [5, 5.41) is 9.41. The van der Waals surface area contributed by atoms with Crippen LogP contribution >= 0.6 is 0 Å². The second kappa shape index (κ2) is 7.07. The Kier molecular flexibility index (Phi) is 5.00. The fraction of sp³-hybridized carbons (Fsp3) is 0.526. The molecule has 1 aromatic carbocycles. The van der Waals surface area contributed by atoms with Crippen molar-refractivity contribution < 1.29 is 9.53 Å². The average Bonchev–Trinajstić information content (AvgIpc) is 2.98. The summed E-state index contributed by atoms with van der Waals surface area (Å²) in [4.78, 5) is 16.8. The number of aromatic nitrogens is 3. The van der Waals surface area contributed by atoms with Crippen molar-refractivity contribution in [3.63, 3.8) is 0 Å². The molecular formula is C19H27N5O2. The van der Waals surface area contributed by atoms with Crippen molar-refractivity contribution in [1.29, 1.82) is 0 Å². The highest BCUT2D eigenvalue weighted by atomic mass is 16.5. The van der Waals surface area contributed by atoms with Gasteiger partial charge in [-0.1, -0.05) is 24.3 Å². The first kappa shape index (κ1) is 18.4. The van der Waals surface area contributed by atoms with Crippen molar-refractivity contribution in [3.05, 3.63) is 41.2 Å². The van der Waals surface area contributed by atoms with Crippen LogP contribution in [-0.2, 0) is 21.5 Å². The van der Waals surface area contributed by atoms with Gasteiger partial charge in [0.25, 0.3) is 0 Å². The summed E-state index contributed by atoms with van der Waals surface area (Å²) in [6.07, 6.45) is 2.03. The maximum atomic E-state index is 12.7. The van der Waals surface area contributed by atoms with Gasteiger partial charge in [-0.25, -0.2) is 0 Å². The van der Waals surface area contributed by atoms with Gasteiger partial charge in [-0.05, 0) is 44.7 Å². The molecule has 2 heterocycles. The zero-order chi connectivity index (χ0) is 18.8. The number of nitrogens with one attached hydrogen (secondary N) is 2. The molecule has 7 nitrogen and oxygen atoms in total. The molecular weight excluding hydrogens is 330 g/mol. The number of aryl methyl sites for hydroxylation is 1. The van der Waals surface area contributed by atoms with E-state index in [0.717, 1.165) is 12.8 Å². The number of nitrogens with zero attached hydrogens (tertiary/aromatic N) is 2. The van der Waals surface area contributed by atoms with Crippen LogP contribution in [0.15, 0.2) is 24.3 Å². The van der Waals surface area contributed by atoms with Gasteiger partial charge < -0.3 is 15.8 Å². The number of hydrogen-bond donors (Lipinski definition) is 3. The standard InChI is InChI=1S/C19H27N5O2/c1-13-6-4-5-7-14(13)19(8-9-26-18(2,3)12-19)10-16(25)21-11-15-22-17(20)24-23-15/h4-7H,8-12H2,1-3H3,(H,21,25)(H3,20,22,23,24)/t19-/m1/s1. The smallest absolute Gasteiger partial charge is 0.239 e. The Morgan fingerprint density at radius 2 is 2.15 bits per heavy atom. The molecule has 4 N–H and O–H groups in total. The first-order valence-electron chi connectivity index (χ1n) is 8.93. The summed E-state index contributed by atoms with van der Waals surface area (Å²) in [6.45, 7) is 7.22. The fourth-order valence-corrected chi connectivity index (χ4v) is 4.06. The van der Waals surface area contributed by atoms with Crippen LogP contribution in [0.1, 0.15) is 50.1 Å². The first-order valence-corrected chi connectivity index (χ1v) is 8.93. The fourth-order valence-electron chi connectivity index (χ4n) is 4.06. The van der Waals surface area contributed by atoms with Crippen LogP contribution in [0.3, 0.4) is 0 Å². The minimum atomic E-state index is -0.264. The predicted octanol–water partition coefficient (Wildman–Crippen LogP) is 2.23. The Morgan fingerprint density at radius 3 is 2.81 bits per heavy atom. The molecule has 1 aliphatic rings. The molecule has 140 valence electrons. The van der Waals surface area contributed by atoms with Crippen LogP contribution in [0.4, 0.5) is 5.95 Å². The monoisotopic (exact) mass is 357 g/mol.